The molecular weight excluding hydrogens is 324 g/mol. The summed E-state index contributed by atoms with van der Waals surface area (Å²) in [6.45, 7) is 4.57. The Bertz CT molecular complexity index is 391. The Labute approximate surface area is 118 Å². The number of hydrogen-bond acceptors (Lipinski definition) is 3. The van der Waals surface area contributed by atoms with Gasteiger partial charge in [-0.1, -0.05) is 27.5 Å². The number of piperazine rings is 1. The molecule has 0 saturated carbocycles. The Kier molecular flexibility index (Phi) is 4.85. The van der Waals surface area contributed by atoms with Crippen LogP contribution in [0.25, 0.3) is 0 Å². The fourth-order valence-corrected chi connectivity index (χ4v) is 3.39. The van der Waals surface area contributed by atoms with Gasteiger partial charge in [0, 0.05) is 38.1 Å². The molecule has 3 nitrogen and oxygen atoms in total. The fraction of sp³-hybridized carbons (Fsp3) is 0.545. The van der Waals surface area contributed by atoms with Crippen molar-refractivity contribution in [2.45, 2.75) is 0 Å². The number of carbonyl (C=O) groups excluding carboxylic acids is 1. The molecule has 94 valence electrons. The molecule has 1 aromatic rings. The van der Waals surface area contributed by atoms with Crippen LogP contribution in [0, 0.1) is 0 Å². The molecule has 1 aromatic heterocycles. The first-order valence-corrected chi connectivity index (χ1v) is 7.85. The monoisotopic (exact) mass is 336 g/mol. The Balaban J connectivity index is 1.90. The van der Waals surface area contributed by atoms with Crippen molar-refractivity contribution in [2.75, 3.05) is 38.1 Å². The molecule has 2 rings (SSSR count). The molecule has 0 bridgehead atoms. The lowest BCUT2D eigenvalue weighted by molar-refractivity contribution is 0.0650. The van der Waals surface area contributed by atoms with Gasteiger partial charge in [0.05, 0.1) is 9.21 Å². The lowest BCUT2D eigenvalue weighted by atomic mass is 10.3. The first kappa shape index (κ1) is 13.3. The van der Waals surface area contributed by atoms with Crippen LogP contribution in [-0.4, -0.2) is 53.8 Å². The van der Waals surface area contributed by atoms with Gasteiger partial charge in [0.25, 0.3) is 5.91 Å². The van der Waals surface area contributed by atoms with Crippen molar-refractivity contribution in [3.63, 3.8) is 0 Å². The van der Waals surface area contributed by atoms with Crippen molar-refractivity contribution in [1.82, 2.24) is 9.80 Å². The van der Waals surface area contributed by atoms with Crippen molar-refractivity contribution >= 4 is 44.8 Å². The molecule has 0 unspecified atom stereocenters. The first-order chi connectivity index (χ1) is 8.20. The van der Waals surface area contributed by atoms with Gasteiger partial charge < -0.3 is 4.90 Å². The van der Waals surface area contributed by atoms with Gasteiger partial charge in [-0.25, -0.2) is 0 Å². The van der Waals surface area contributed by atoms with Gasteiger partial charge >= 0.3 is 0 Å². The lowest BCUT2D eigenvalue weighted by Gasteiger charge is -2.34. The summed E-state index contributed by atoms with van der Waals surface area (Å²) in [6, 6.07) is 3.58. The molecular formula is C11H14BrClN2OS. The zero-order chi connectivity index (χ0) is 12.3. The molecule has 0 aromatic carbocycles. The summed E-state index contributed by atoms with van der Waals surface area (Å²) in [5.41, 5.74) is 0. The zero-order valence-corrected chi connectivity index (χ0v) is 12.5. The number of halogens is 2. The Hall–Kier alpha value is -0.100. The number of nitrogens with zero attached hydrogens (tertiary/aromatic N) is 2. The summed E-state index contributed by atoms with van der Waals surface area (Å²) in [4.78, 5) is 17.1. The predicted octanol–water partition coefficient (Wildman–Crippen LogP) is 2.55. The number of alkyl halides is 1. The Morgan fingerprint density at radius 2 is 2.06 bits per heavy atom. The summed E-state index contributed by atoms with van der Waals surface area (Å²) in [7, 11) is 0. The molecule has 0 atom stereocenters. The molecule has 1 saturated heterocycles. The molecule has 0 spiro atoms. The largest absolute Gasteiger partial charge is 0.335 e. The van der Waals surface area contributed by atoms with Crippen LogP contribution in [0.3, 0.4) is 0 Å². The van der Waals surface area contributed by atoms with Crippen molar-refractivity contribution in [3.8, 4) is 0 Å². The van der Waals surface area contributed by atoms with Crippen molar-refractivity contribution in [3.05, 3.63) is 21.3 Å². The minimum Gasteiger partial charge on any atom is -0.335 e. The summed E-state index contributed by atoms with van der Waals surface area (Å²) in [5.74, 6) is 0.111. The molecule has 1 aliphatic rings. The highest BCUT2D eigenvalue weighted by Crippen LogP contribution is 2.23. The molecule has 1 aliphatic heterocycles. The molecule has 2 heterocycles. The van der Waals surface area contributed by atoms with Crippen molar-refractivity contribution < 1.29 is 4.79 Å². The van der Waals surface area contributed by atoms with E-state index >= 15 is 0 Å². The molecule has 1 amide bonds. The van der Waals surface area contributed by atoms with E-state index in [1.54, 1.807) is 12.1 Å². The number of rotatable bonds is 3. The van der Waals surface area contributed by atoms with Crippen LogP contribution in [0.2, 0.25) is 4.34 Å². The summed E-state index contributed by atoms with van der Waals surface area (Å²) >= 11 is 10.6. The normalized spacial score (nSPS) is 17.4. The minimum absolute atomic E-state index is 0.111. The van der Waals surface area contributed by atoms with Gasteiger partial charge in [0.2, 0.25) is 0 Å². The van der Waals surface area contributed by atoms with E-state index in [1.165, 1.54) is 11.3 Å². The summed E-state index contributed by atoms with van der Waals surface area (Å²) < 4.78 is 0.672. The quantitative estimate of drug-likeness (QED) is 0.792. The highest BCUT2D eigenvalue weighted by Gasteiger charge is 2.22. The third kappa shape index (κ3) is 3.44. The summed E-state index contributed by atoms with van der Waals surface area (Å²) in [6.07, 6.45) is 0. The highest BCUT2D eigenvalue weighted by molar-refractivity contribution is 9.09. The van der Waals surface area contributed by atoms with Crippen molar-refractivity contribution in [2.24, 2.45) is 0 Å². The Morgan fingerprint density at radius 3 is 2.59 bits per heavy atom. The van der Waals surface area contributed by atoms with Gasteiger partial charge in [-0.2, -0.15) is 0 Å². The topological polar surface area (TPSA) is 23.6 Å². The molecule has 17 heavy (non-hydrogen) atoms. The van der Waals surface area contributed by atoms with Crippen LogP contribution in [0.1, 0.15) is 9.67 Å². The van der Waals surface area contributed by atoms with Gasteiger partial charge in [0.15, 0.2) is 0 Å². The average molecular weight is 338 g/mol. The van der Waals surface area contributed by atoms with E-state index in [4.69, 9.17) is 11.6 Å². The van der Waals surface area contributed by atoms with E-state index in [-0.39, 0.29) is 5.91 Å². The number of carbonyl (C=O) groups is 1. The van der Waals surface area contributed by atoms with Gasteiger partial charge in [-0.3, -0.25) is 9.69 Å². The zero-order valence-electron chi connectivity index (χ0n) is 9.36. The maximum Gasteiger partial charge on any atom is 0.264 e. The lowest BCUT2D eigenvalue weighted by Crippen LogP contribution is -2.48. The number of thiophene rings is 1. The molecule has 0 N–H and O–H groups in total. The standard InChI is InChI=1S/C11H14BrClN2OS/c12-3-4-14-5-7-15(8-6-14)11(16)9-1-2-10(13)17-9/h1-2H,3-8H2. The van der Waals surface area contributed by atoms with E-state index in [0.29, 0.717) is 4.34 Å². The van der Waals surface area contributed by atoms with Gasteiger partial charge in [-0.15, -0.1) is 11.3 Å². The number of hydrogen-bond donors (Lipinski definition) is 0. The van der Waals surface area contributed by atoms with E-state index in [0.717, 1.165) is 42.9 Å². The van der Waals surface area contributed by atoms with E-state index < -0.39 is 0 Å². The highest BCUT2D eigenvalue weighted by atomic mass is 79.9. The fourth-order valence-electron chi connectivity index (χ4n) is 1.88. The maximum absolute atomic E-state index is 12.1. The van der Waals surface area contributed by atoms with Gasteiger partial charge in [0.1, 0.15) is 0 Å². The molecule has 0 radical (unpaired) electrons. The third-order valence-electron chi connectivity index (χ3n) is 2.84. The van der Waals surface area contributed by atoms with Gasteiger partial charge in [-0.05, 0) is 12.1 Å². The van der Waals surface area contributed by atoms with Crippen LogP contribution in [-0.2, 0) is 0 Å². The first-order valence-electron chi connectivity index (χ1n) is 5.53. The van der Waals surface area contributed by atoms with E-state index in [9.17, 15) is 4.79 Å². The van der Waals surface area contributed by atoms with Crippen LogP contribution < -0.4 is 0 Å². The van der Waals surface area contributed by atoms with Crippen LogP contribution in [0.5, 0.6) is 0 Å². The smallest absolute Gasteiger partial charge is 0.264 e. The van der Waals surface area contributed by atoms with Crippen LogP contribution >= 0.6 is 38.9 Å². The second-order valence-electron chi connectivity index (χ2n) is 3.93. The number of amides is 1. The molecule has 6 heteroatoms. The Morgan fingerprint density at radius 1 is 1.35 bits per heavy atom. The van der Waals surface area contributed by atoms with E-state index in [1.807, 2.05) is 4.90 Å². The van der Waals surface area contributed by atoms with Crippen molar-refractivity contribution in [1.29, 1.82) is 0 Å². The maximum atomic E-state index is 12.1. The molecule has 0 aliphatic carbocycles. The SMILES string of the molecule is O=C(c1ccc(Cl)s1)N1CCN(CCBr)CC1. The minimum atomic E-state index is 0.111. The molecule has 1 fully saturated rings. The van der Waals surface area contributed by atoms with Crippen LogP contribution in [0.4, 0.5) is 0 Å². The predicted molar refractivity (Wildman–Crippen MR) is 75.5 cm³/mol. The third-order valence-corrected chi connectivity index (χ3v) is 4.42. The summed E-state index contributed by atoms with van der Waals surface area (Å²) in [5, 5.41) is 0.988. The average Bonchev–Trinajstić information content (AvgIpc) is 2.76. The van der Waals surface area contributed by atoms with Crippen LogP contribution in [0.15, 0.2) is 12.1 Å². The van der Waals surface area contributed by atoms with E-state index in [2.05, 4.69) is 20.8 Å². The second kappa shape index (κ2) is 6.18. The second-order valence-corrected chi connectivity index (χ2v) is 6.43.